The van der Waals surface area contributed by atoms with Crippen LogP contribution in [0.2, 0.25) is 10.0 Å². The van der Waals surface area contributed by atoms with Gasteiger partial charge in [0.2, 0.25) is 0 Å². The van der Waals surface area contributed by atoms with Crippen LogP contribution >= 0.6 is 35.0 Å². The van der Waals surface area contributed by atoms with Gasteiger partial charge in [-0.05, 0) is 35.1 Å². The van der Waals surface area contributed by atoms with Gasteiger partial charge in [-0.2, -0.15) is 0 Å². The van der Waals surface area contributed by atoms with Crippen molar-refractivity contribution in [2.45, 2.75) is 18.2 Å². The van der Waals surface area contributed by atoms with Crippen molar-refractivity contribution in [3.8, 4) is 11.1 Å². The number of halogens is 2. The minimum absolute atomic E-state index is 0.584. The van der Waals surface area contributed by atoms with E-state index in [-0.39, 0.29) is 0 Å². The summed E-state index contributed by atoms with van der Waals surface area (Å²) >= 11 is 15.1. The molecule has 0 bridgehead atoms. The highest BCUT2D eigenvalue weighted by atomic mass is 35.5. The van der Waals surface area contributed by atoms with Crippen LogP contribution in [0.25, 0.3) is 22.2 Å². The van der Waals surface area contributed by atoms with Gasteiger partial charge in [0.25, 0.3) is 0 Å². The molecule has 1 aromatic heterocycles. The fourth-order valence-corrected chi connectivity index (χ4v) is 4.53. The van der Waals surface area contributed by atoms with Crippen molar-refractivity contribution in [1.82, 2.24) is 9.97 Å². The summed E-state index contributed by atoms with van der Waals surface area (Å²) < 4.78 is 0. The number of nitrogens with zero attached hydrogens (tertiary/aromatic N) is 1. The molecule has 0 aliphatic rings. The summed E-state index contributed by atoms with van der Waals surface area (Å²) in [5.41, 5.74) is 4.64. The van der Waals surface area contributed by atoms with Crippen LogP contribution < -0.4 is 0 Å². The second-order valence-corrected chi connectivity index (χ2v) is 8.37. The van der Waals surface area contributed by atoms with Gasteiger partial charge in [-0.15, -0.1) is 11.8 Å². The third-order valence-corrected chi connectivity index (χ3v) is 5.95. The smallest absolute Gasteiger partial charge is 0.111 e. The minimum atomic E-state index is 0.584. The lowest BCUT2D eigenvalue weighted by Crippen LogP contribution is -1.90. The van der Waals surface area contributed by atoms with Crippen LogP contribution in [0.4, 0.5) is 0 Å². The molecule has 0 aliphatic carbocycles. The molecule has 2 nitrogen and oxygen atoms in total. The molecule has 0 radical (unpaired) electrons. The first-order chi connectivity index (χ1) is 13.2. The molecule has 0 aliphatic heterocycles. The standard InChI is InChI=1S/C22H18Cl2N2S/c1-2-27-16-10-8-14(9-11-16)12-19-25-18-13-17(23)20(21(24)22(18)26-19)15-6-4-3-5-7-15/h3-11,13H,2,12H2,1H3,(H,25,26). The van der Waals surface area contributed by atoms with Crippen molar-refractivity contribution in [3.63, 3.8) is 0 Å². The normalized spacial score (nSPS) is 11.2. The molecule has 0 amide bonds. The highest BCUT2D eigenvalue weighted by molar-refractivity contribution is 7.99. The Morgan fingerprint density at radius 2 is 1.74 bits per heavy atom. The van der Waals surface area contributed by atoms with E-state index in [1.165, 1.54) is 10.5 Å². The van der Waals surface area contributed by atoms with Crippen molar-refractivity contribution in [1.29, 1.82) is 0 Å². The lowest BCUT2D eigenvalue weighted by atomic mass is 10.0. The molecule has 0 saturated heterocycles. The topological polar surface area (TPSA) is 28.7 Å². The molecular formula is C22H18Cl2N2S. The summed E-state index contributed by atoms with van der Waals surface area (Å²) in [4.78, 5) is 9.39. The Balaban J connectivity index is 1.69. The molecule has 4 rings (SSSR count). The van der Waals surface area contributed by atoms with Gasteiger partial charge in [0.15, 0.2) is 0 Å². The molecule has 1 N–H and O–H groups in total. The molecule has 0 atom stereocenters. The summed E-state index contributed by atoms with van der Waals surface area (Å²) in [6.07, 6.45) is 0.723. The Morgan fingerprint density at radius 1 is 1.00 bits per heavy atom. The van der Waals surface area contributed by atoms with Crippen LogP contribution in [0, 0.1) is 0 Å². The van der Waals surface area contributed by atoms with Gasteiger partial charge in [-0.3, -0.25) is 0 Å². The fraction of sp³-hybridized carbons (Fsp3) is 0.136. The van der Waals surface area contributed by atoms with Crippen molar-refractivity contribution in [2.75, 3.05) is 5.75 Å². The Morgan fingerprint density at radius 3 is 2.44 bits per heavy atom. The number of aromatic amines is 1. The molecule has 5 heteroatoms. The average molecular weight is 413 g/mol. The number of rotatable bonds is 5. The number of benzene rings is 3. The van der Waals surface area contributed by atoms with Crippen molar-refractivity contribution >= 4 is 46.0 Å². The quantitative estimate of drug-likeness (QED) is 0.349. The van der Waals surface area contributed by atoms with Gasteiger partial charge in [-0.1, -0.05) is 72.6 Å². The van der Waals surface area contributed by atoms with E-state index < -0.39 is 0 Å². The van der Waals surface area contributed by atoms with E-state index in [0.717, 1.165) is 40.2 Å². The number of nitrogens with one attached hydrogen (secondary N) is 1. The van der Waals surface area contributed by atoms with E-state index in [1.54, 1.807) is 0 Å². The maximum Gasteiger partial charge on any atom is 0.111 e. The predicted octanol–water partition coefficient (Wildman–Crippen LogP) is 7.24. The summed E-state index contributed by atoms with van der Waals surface area (Å²) in [6.45, 7) is 2.16. The Kier molecular flexibility index (Phi) is 5.44. The lowest BCUT2D eigenvalue weighted by molar-refractivity contribution is 1.04. The first-order valence-electron chi connectivity index (χ1n) is 8.79. The number of hydrogen-bond acceptors (Lipinski definition) is 2. The van der Waals surface area contributed by atoms with Crippen LogP contribution in [0.5, 0.6) is 0 Å². The zero-order valence-electron chi connectivity index (χ0n) is 14.8. The summed E-state index contributed by atoms with van der Waals surface area (Å²) in [5, 5.41) is 1.20. The molecule has 3 aromatic carbocycles. The largest absolute Gasteiger partial charge is 0.342 e. The number of fused-ring (bicyclic) bond motifs is 1. The molecule has 136 valence electrons. The van der Waals surface area contributed by atoms with Crippen molar-refractivity contribution in [3.05, 3.63) is 82.1 Å². The minimum Gasteiger partial charge on any atom is -0.342 e. The van der Waals surface area contributed by atoms with Crippen LogP contribution in [-0.4, -0.2) is 15.7 Å². The van der Waals surface area contributed by atoms with E-state index in [4.69, 9.17) is 28.2 Å². The zero-order chi connectivity index (χ0) is 18.8. The third-order valence-electron chi connectivity index (χ3n) is 4.39. The summed E-state index contributed by atoms with van der Waals surface area (Å²) in [7, 11) is 0. The Bertz CT molecular complexity index is 1070. The first-order valence-corrected chi connectivity index (χ1v) is 10.5. The van der Waals surface area contributed by atoms with Crippen molar-refractivity contribution in [2.24, 2.45) is 0 Å². The number of thioether (sulfide) groups is 1. The monoisotopic (exact) mass is 412 g/mol. The molecule has 0 spiro atoms. The number of H-pyrrole nitrogens is 1. The highest BCUT2D eigenvalue weighted by Gasteiger charge is 2.16. The number of hydrogen-bond donors (Lipinski definition) is 1. The fourth-order valence-electron chi connectivity index (χ4n) is 3.15. The lowest BCUT2D eigenvalue weighted by Gasteiger charge is -2.07. The molecule has 0 fully saturated rings. The second-order valence-electron chi connectivity index (χ2n) is 6.25. The third kappa shape index (κ3) is 3.86. The first kappa shape index (κ1) is 18.4. The van der Waals surface area contributed by atoms with Crippen LogP contribution in [0.1, 0.15) is 18.3 Å². The van der Waals surface area contributed by atoms with Crippen LogP contribution in [-0.2, 0) is 6.42 Å². The van der Waals surface area contributed by atoms with Gasteiger partial charge in [0.1, 0.15) is 11.3 Å². The van der Waals surface area contributed by atoms with Gasteiger partial charge in [0, 0.05) is 16.9 Å². The van der Waals surface area contributed by atoms with E-state index in [2.05, 4.69) is 36.2 Å². The van der Waals surface area contributed by atoms with Gasteiger partial charge in [-0.25, -0.2) is 4.98 Å². The number of imidazole rings is 1. The molecular weight excluding hydrogens is 395 g/mol. The van der Waals surface area contributed by atoms with E-state index in [0.29, 0.717) is 10.0 Å². The zero-order valence-corrected chi connectivity index (χ0v) is 17.1. The highest BCUT2D eigenvalue weighted by Crippen LogP contribution is 2.39. The Hall–Kier alpha value is -1.94. The van der Waals surface area contributed by atoms with Gasteiger partial charge >= 0.3 is 0 Å². The van der Waals surface area contributed by atoms with Crippen LogP contribution in [0.3, 0.4) is 0 Å². The SMILES string of the molecule is CCSc1ccc(Cc2nc3c(Cl)c(-c4ccccc4)c(Cl)cc3[nH]2)cc1. The molecule has 4 aromatic rings. The molecule has 0 saturated carbocycles. The summed E-state index contributed by atoms with van der Waals surface area (Å²) in [5.74, 6) is 1.95. The molecule has 1 heterocycles. The summed E-state index contributed by atoms with van der Waals surface area (Å²) in [6, 6.07) is 20.4. The average Bonchev–Trinajstić information content (AvgIpc) is 3.07. The van der Waals surface area contributed by atoms with Gasteiger partial charge < -0.3 is 4.98 Å². The van der Waals surface area contributed by atoms with E-state index in [1.807, 2.05) is 48.2 Å². The second kappa shape index (κ2) is 7.97. The predicted molar refractivity (Wildman–Crippen MR) is 117 cm³/mol. The van der Waals surface area contributed by atoms with Gasteiger partial charge in [0.05, 0.1) is 15.6 Å². The van der Waals surface area contributed by atoms with E-state index >= 15 is 0 Å². The molecule has 0 unspecified atom stereocenters. The van der Waals surface area contributed by atoms with Crippen molar-refractivity contribution < 1.29 is 0 Å². The maximum atomic E-state index is 6.68. The number of aromatic nitrogens is 2. The van der Waals surface area contributed by atoms with Crippen LogP contribution in [0.15, 0.2) is 65.6 Å². The maximum absolute atomic E-state index is 6.68. The Labute approximate surface area is 172 Å². The molecule has 27 heavy (non-hydrogen) atoms. The van der Waals surface area contributed by atoms with E-state index in [9.17, 15) is 0 Å².